The van der Waals surface area contributed by atoms with E-state index in [9.17, 15) is 0 Å². The van der Waals surface area contributed by atoms with Gasteiger partial charge in [0, 0.05) is 25.6 Å². The third-order valence-corrected chi connectivity index (χ3v) is 3.70. The number of benzene rings is 1. The van der Waals surface area contributed by atoms with Gasteiger partial charge in [0.1, 0.15) is 5.82 Å². The highest BCUT2D eigenvalue weighted by molar-refractivity contribution is 5.34. The van der Waals surface area contributed by atoms with Gasteiger partial charge in [0.15, 0.2) is 0 Å². The highest BCUT2D eigenvalue weighted by Gasteiger charge is 2.12. The number of aromatic nitrogens is 2. The standard InChI is InChI=1S/C16H22N2O/c1-11-5-6-14(12(2)9-11)10-15-13(3)17-16(7-8-19)18(15)4/h5-6,9,19H,7-8,10H2,1-4H3. The van der Waals surface area contributed by atoms with Crippen molar-refractivity contribution in [1.82, 2.24) is 9.55 Å². The van der Waals surface area contributed by atoms with Crippen molar-refractivity contribution >= 4 is 0 Å². The van der Waals surface area contributed by atoms with E-state index in [2.05, 4.69) is 41.6 Å². The van der Waals surface area contributed by atoms with E-state index in [4.69, 9.17) is 5.11 Å². The summed E-state index contributed by atoms with van der Waals surface area (Å²) in [5.41, 5.74) is 6.25. The molecular formula is C16H22N2O. The van der Waals surface area contributed by atoms with Gasteiger partial charge in [0.05, 0.1) is 12.3 Å². The van der Waals surface area contributed by atoms with Crippen molar-refractivity contribution in [2.45, 2.75) is 33.6 Å². The molecule has 3 nitrogen and oxygen atoms in total. The van der Waals surface area contributed by atoms with Crippen LogP contribution >= 0.6 is 0 Å². The van der Waals surface area contributed by atoms with E-state index in [-0.39, 0.29) is 6.61 Å². The minimum absolute atomic E-state index is 0.146. The van der Waals surface area contributed by atoms with Crippen molar-refractivity contribution in [1.29, 1.82) is 0 Å². The van der Waals surface area contributed by atoms with Crippen LogP contribution in [0.1, 0.15) is 33.9 Å². The summed E-state index contributed by atoms with van der Waals surface area (Å²) < 4.78 is 2.12. The number of aryl methyl sites for hydroxylation is 3. The molecule has 19 heavy (non-hydrogen) atoms. The molecule has 0 aliphatic heterocycles. The van der Waals surface area contributed by atoms with Crippen LogP contribution in [0, 0.1) is 20.8 Å². The first-order valence-corrected chi connectivity index (χ1v) is 6.71. The molecule has 0 radical (unpaired) electrons. The number of nitrogens with zero attached hydrogens (tertiary/aromatic N) is 2. The molecule has 3 heteroatoms. The van der Waals surface area contributed by atoms with Crippen LogP contribution in [-0.4, -0.2) is 21.3 Å². The van der Waals surface area contributed by atoms with Gasteiger partial charge in [-0.15, -0.1) is 0 Å². The fourth-order valence-electron chi connectivity index (χ4n) is 2.53. The number of imidazole rings is 1. The van der Waals surface area contributed by atoms with Crippen LogP contribution in [0.3, 0.4) is 0 Å². The van der Waals surface area contributed by atoms with Crippen molar-refractivity contribution in [3.8, 4) is 0 Å². The van der Waals surface area contributed by atoms with Gasteiger partial charge in [-0.05, 0) is 31.9 Å². The van der Waals surface area contributed by atoms with Crippen LogP contribution in [-0.2, 0) is 19.9 Å². The Hall–Kier alpha value is -1.61. The van der Waals surface area contributed by atoms with Crippen molar-refractivity contribution in [2.24, 2.45) is 7.05 Å². The summed E-state index contributed by atoms with van der Waals surface area (Å²) >= 11 is 0. The molecule has 0 fully saturated rings. The van der Waals surface area contributed by atoms with Gasteiger partial charge in [-0.2, -0.15) is 0 Å². The Kier molecular flexibility index (Phi) is 4.05. The van der Waals surface area contributed by atoms with E-state index in [1.54, 1.807) is 0 Å². The fourth-order valence-corrected chi connectivity index (χ4v) is 2.53. The molecule has 2 aromatic rings. The van der Waals surface area contributed by atoms with E-state index in [0.29, 0.717) is 6.42 Å². The maximum atomic E-state index is 9.06. The first kappa shape index (κ1) is 13.8. The molecule has 0 saturated heterocycles. The second-order valence-corrected chi connectivity index (χ2v) is 5.20. The topological polar surface area (TPSA) is 38.1 Å². The first-order chi connectivity index (χ1) is 9.02. The SMILES string of the molecule is Cc1ccc(Cc2c(C)nc(CCO)n2C)c(C)c1. The Morgan fingerprint density at radius 2 is 1.95 bits per heavy atom. The number of aliphatic hydroxyl groups is 1. The quantitative estimate of drug-likeness (QED) is 0.915. The van der Waals surface area contributed by atoms with Gasteiger partial charge in [-0.1, -0.05) is 23.8 Å². The zero-order valence-corrected chi connectivity index (χ0v) is 12.2. The number of aliphatic hydroxyl groups excluding tert-OH is 1. The zero-order chi connectivity index (χ0) is 14.0. The molecule has 1 aromatic carbocycles. The molecule has 0 bridgehead atoms. The lowest BCUT2D eigenvalue weighted by Gasteiger charge is -2.09. The van der Waals surface area contributed by atoms with Crippen LogP contribution < -0.4 is 0 Å². The molecule has 0 atom stereocenters. The highest BCUT2D eigenvalue weighted by Crippen LogP contribution is 2.18. The number of hydrogen-bond acceptors (Lipinski definition) is 2. The summed E-state index contributed by atoms with van der Waals surface area (Å²) in [7, 11) is 2.03. The average Bonchev–Trinajstić information content (AvgIpc) is 2.60. The molecule has 0 unspecified atom stereocenters. The number of rotatable bonds is 4. The molecule has 1 N–H and O–H groups in total. The highest BCUT2D eigenvalue weighted by atomic mass is 16.3. The van der Waals surface area contributed by atoms with Crippen molar-refractivity contribution < 1.29 is 5.11 Å². The van der Waals surface area contributed by atoms with Crippen LogP contribution in [0.2, 0.25) is 0 Å². The third-order valence-electron chi connectivity index (χ3n) is 3.70. The molecule has 2 rings (SSSR count). The maximum absolute atomic E-state index is 9.06. The molecule has 0 spiro atoms. The molecular weight excluding hydrogens is 236 g/mol. The lowest BCUT2D eigenvalue weighted by molar-refractivity contribution is 0.295. The molecule has 0 amide bonds. The monoisotopic (exact) mass is 258 g/mol. The van der Waals surface area contributed by atoms with Crippen molar-refractivity contribution in [2.75, 3.05) is 6.61 Å². The second kappa shape index (κ2) is 5.57. The zero-order valence-electron chi connectivity index (χ0n) is 12.2. The Morgan fingerprint density at radius 3 is 2.58 bits per heavy atom. The molecule has 102 valence electrons. The Morgan fingerprint density at radius 1 is 1.21 bits per heavy atom. The Labute approximate surface area is 114 Å². The average molecular weight is 258 g/mol. The predicted octanol–water partition coefficient (Wildman–Crippen LogP) is 2.47. The maximum Gasteiger partial charge on any atom is 0.111 e. The lowest BCUT2D eigenvalue weighted by Crippen LogP contribution is -2.05. The van der Waals surface area contributed by atoms with E-state index in [0.717, 1.165) is 17.9 Å². The van der Waals surface area contributed by atoms with E-state index in [1.807, 2.05) is 14.0 Å². The minimum atomic E-state index is 0.146. The van der Waals surface area contributed by atoms with Gasteiger partial charge < -0.3 is 9.67 Å². The number of hydrogen-bond donors (Lipinski definition) is 1. The van der Waals surface area contributed by atoms with Gasteiger partial charge in [0.25, 0.3) is 0 Å². The Bertz CT molecular complexity index is 585. The van der Waals surface area contributed by atoms with Gasteiger partial charge in [0.2, 0.25) is 0 Å². The van der Waals surface area contributed by atoms with Gasteiger partial charge in [-0.25, -0.2) is 4.98 Å². The molecule has 1 heterocycles. The van der Waals surface area contributed by atoms with Crippen LogP contribution in [0.15, 0.2) is 18.2 Å². The van der Waals surface area contributed by atoms with Gasteiger partial charge in [-0.3, -0.25) is 0 Å². The summed E-state index contributed by atoms with van der Waals surface area (Å²) in [6, 6.07) is 6.57. The summed E-state index contributed by atoms with van der Waals surface area (Å²) in [6.07, 6.45) is 1.51. The summed E-state index contributed by atoms with van der Waals surface area (Å²) in [5.74, 6) is 0.958. The molecule has 0 aliphatic carbocycles. The van der Waals surface area contributed by atoms with E-state index >= 15 is 0 Å². The minimum Gasteiger partial charge on any atom is -0.396 e. The summed E-state index contributed by atoms with van der Waals surface area (Å²) in [6.45, 7) is 6.46. The fraction of sp³-hybridized carbons (Fsp3) is 0.438. The first-order valence-electron chi connectivity index (χ1n) is 6.71. The molecule has 1 aromatic heterocycles. The Balaban J connectivity index is 2.33. The van der Waals surface area contributed by atoms with Crippen LogP contribution in [0.25, 0.3) is 0 Å². The van der Waals surface area contributed by atoms with Crippen LogP contribution in [0.4, 0.5) is 0 Å². The summed E-state index contributed by atoms with van der Waals surface area (Å²) in [5, 5.41) is 9.06. The second-order valence-electron chi connectivity index (χ2n) is 5.20. The summed E-state index contributed by atoms with van der Waals surface area (Å²) in [4.78, 5) is 4.55. The van der Waals surface area contributed by atoms with E-state index < -0.39 is 0 Å². The van der Waals surface area contributed by atoms with Crippen molar-refractivity contribution in [3.63, 3.8) is 0 Å². The largest absolute Gasteiger partial charge is 0.396 e. The van der Waals surface area contributed by atoms with Gasteiger partial charge >= 0.3 is 0 Å². The predicted molar refractivity (Wildman–Crippen MR) is 77.5 cm³/mol. The smallest absolute Gasteiger partial charge is 0.111 e. The molecule has 0 saturated carbocycles. The third kappa shape index (κ3) is 2.87. The molecule has 0 aliphatic rings. The van der Waals surface area contributed by atoms with Crippen molar-refractivity contribution in [3.05, 3.63) is 52.1 Å². The normalized spacial score (nSPS) is 11.0. The van der Waals surface area contributed by atoms with E-state index in [1.165, 1.54) is 22.4 Å². The lowest BCUT2D eigenvalue weighted by atomic mass is 10.0. The van der Waals surface area contributed by atoms with Crippen LogP contribution in [0.5, 0.6) is 0 Å².